The maximum Gasteiger partial charge on any atom is 0.253 e. The second-order valence-corrected chi connectivity index (χ2v) is 4.46. The lowest BCUT2D eigenvalue weighted by Gasteiger charge is -2.11. The van der Waals surface area contributed by atoms with Crippen molar-refractivity contribution in [2.75, 3.05) is 11.9 Å². The second-order valence-electron chi connectivity index (χ2n) is 3.62. The van der Waals surface area contributed by atoms with Crippen molar-refractivity contribution in [3.05, 3.63) is 28.2 Å². The number of hydrogen-bond acceptors (Lipinski definition) is 2. The lowest BCUT2D eigenvalue weighted by molar-refractivity contribution is -0.124. The number of anilines is 1. The number of carbonyl (C=O) groups is 1. The molecule has 1 saturated heterocycles. The van der Waals surface area contributed by atoms with Crippen LogP contribution in [-0.2, 0) is 9.53 Å². The van der Waals surface area contributed by atoms with Gasteiger partial charge in [-0.1, -0.05) is 23.2 Å². The van der Waals surface area contributed by atoms with E-state index < -0.39 is 0 Å². The molecule has 16 heavy (non-hydrogen) atoms. The first-order chi connectivity index (χ1) is 7.66. The quantitative estimate of drug-likeness (QED) is 0.887. The molecule has 1 heterocycles. The van der Waals surface area contributed by atoms with Crippen molar-refractivity contribution in [1.29, 1.82) is 0 Å². The Bertz CT molecular complexity index is 403. The molecule has 0 aromatic heterocycles. The number of amides is 1. The summed E-state index contributed by atoms with van der Waals surface area (Å²) in [6.45, 7) is 0.640. The van der Waals surface area contributed by atoms with E-state index in [0.717, 1.165) is 12.8 Å². The number of nitrogens with one attached hydrogen (secondary N) is 1. The molecule has 0 spiro atoms. The summed E-state index contributed by atoms with van der Waals surface area (Å²) in [5, 5.41) is 3.72. The highest BCUT2D eigenvalue weighted by Crippen LogP contribution is 2.26. The molecule has 86 valence electrons. The third-order valence-electron chi connectivity index (χ3n) is 2.41. The average molecular weight is 260 g/mol. The van der Waals surface area contributed by atoms with Crippen molar-refractivity contribution >= 4 is 34.8 Å². The van der Waals surface area contributed by atoms with Gasteiger partial charge in [-0.2, -0.15) is 0 Å². The summed E-state index contributed by atoms with van der Waals surface area (Å²) in [7, 11) is 0. The topological polar surface area (TPSA) is 38.3 Å². The molecule has 0 radical (unpaired) electrons. The Morgan fingerprint density at radius 2 is 2.25 bits per heavy atom. The van der Waals surface area contributed by atoms with E-state index in [1.54, 1.807) is 18.2 Å². The summed E-state index contributed by atoms with van der Waals surface area (Å²) in [5.74, 6) is -0.165. The molecule has 0 bridgehead atoms. The standard InChI is InChI=1S/C11H11Cl2NO2/c12-7-3-4-8(13)9(6-7)14-11(15)10-2-1-5-16-10/h3-4,6,10H,1-2,5H2,(H,14,15)/t10-/m0/s1. The van der Waals surface area contributed by atoms with Gasteiger partial charge >= 0.3 is 0 Å². The zero-order valence-corrected chi connectivity index (χ0v) is 10.0. The van der Waals surface area contributed by atoms with Gasteiger partial charge < -0.3 is 10.1 Å². The van der Waals surface area contributed by atoms with Crippen molar-refractivity contribution < 1.29 is 9.53 Å². The Morgan fingerprint density at radius 1 is 1.44 bits per heavy atom. The van der Waals surface area contributed by atoms with Crippen LogP contribution in [0.15, 0.2) is 18.2 Å². The fraction of sp³-hybridized carbons (Fsp3) is 0.364. The smallest absolute Gasteiger partial charge is 0.253 e. The molecule has 1 aromatic carbocycles. The number of ether oxygens (including phenoxy) is 1. The molecule has 1 amide bonds. The van der Waals surface area contributed by atoms with E-state index in [0.29, 0.717) is 22.3 Å². The molecule has 0 saturated carbocycles. The summed E-state index contributed by atoms with van der Waals surface area (Å²) < 4.78 is 5.27. The van der Waals surface area contributed by atoms with Gasteiger partial charge in [0.1, 0.15) is 6.10 Å². The Morgan fingerprint density at radius 3 is 2.94 bits per heavy atom. The van der Waals surface area contributed by atoms with Crippen LogP contribution in [0.1, 0.15) is 12.8 Å². The van der Waals surface area contributed by atoms with E-state index in [4.69, 9.17) is 27.9 Å². The Labute approximate surface area is 104 Å². The molecule has 0 aliphatic carbocycles. The molecule has 3 nitrogen and oxygen atoms in total. The predicted molar refractivity (Wildman–Crippen MR) is 64.1 cm³/mol. The van der Waals surface area contributed by atoms with Crippen LogP contribution in [-0.4, -0.2) is 18.6 Å². The molecule has 1 aromatic rings. The van der Waals surface area contributed by atoms with Crippen LogP contribution in [0.2, 0.25) is 10.0 Å². The first-order valence-electron chi connectivity index (χ1n) is 5.04. The highest BCUT2D eigenvalue weighted by molar-refractivity contribution is 6.35. The lowest BCUT2D eigenvalue weighted by Crippen LogP contribution is -2.26. The minimum absolute atomic E-state index is 0.165. The molecule has 1 aliphatic rings. The largest absolute Gasteiger partial charge is 0.368 e. The molecule has 2 rings (SSSR count). The number of halogens is 2. The number of rotatable bonds is 2. The van der Waals surface area contributed by atoms with Crippen LogP contribution < -0.4 is 5.32 Å². The molecule has 1 atom stereocenters. The average Bonchev–Trinajstić information content (AvgIpc) is 2.76. The second kappa shape index (κ2) is 5.04. The minimum atomic E-state index is -0.366. The molecule has 1 aliphatic heterocycles. The summed E-state index contributed by atoms with van der Waals surface area (Å²) in [6, 6.07) is 4.94. The van der Waals surface area contributed by atoms with Gasteiger partial charge in [0, 0.05) is 11.6 Å². The van der Waals surface area contributed by atoms with Gasteiger partial charge in [-0.3, -0.25) is 4.79 Å². The monoisotopic (exact) mass is 259 g/mol. The Kier molecular flexibility index (Phi) is 3.69. The van der Waals surface area contributed by atoms with Crippen LogP contribution in [0.3, 0.4) is 0 Å². The van der Waals surface area contributed by atoms with Gasteiger partial charge in [0.25, 0.3) is 5.91 Å². The van der Waals surface area contributed by atoms with E-state index in [-0.39, 0.29) is 12.0 Å². The van der Waals surface area contributed by atoms with Crippen molar-refractivity contribution in [2.45, 2.75) is 18.9 Å². The maximum atomic E-state index is 11.7. The van der Waals surface area contributed by atoms with Gasteiger partial charge in [0.15, 0.2) is 0 Å². The van der Waals surface area contributed by atoms with Gasteiger partial charge in [-0.05, 0) is 31.0 Å². The number of benzene rings is 1. The Balaban J connectivity index is 2.07. The van der Waals surface area contributed by atoms with Gasteiger partial charge in [0.05, 0.1) is 10.7 Å². The van der Waals surface area contributed by atoms with Crippen LogP contribution in [0, 0.1) is 0 Å². The lowest BCUT2D eigenvalue weighted by atomic mass is 10.2. The number of hydrogen-bond donors (Lipinski definition) is 1. The first kappa shape index (κ1) is 11.7. The Hall–Kier alpha value is -0.770. The van der Waals surface area contributed by atoms with Crippen LogP contribution in [0.4, 0.5) is 5.69 Å². The van der Waals surface area contributed by atoms with Crippen LogP contribution in [0.5, 0.6) is 0 Å². The first-order valence-corrected chi connectivity index (χ1v) is 5.80. The molecular weight excluding hydrogens is 249 g/mol. The summed E-state index contributed by atoms with van der Waals surface area (Å²) in [4.78, 5) is 11.7. The SMILES string of the molecule is O=C(Nc1cc(Cl)ccc1Cl)[C@@H]1CCCO1. The fourth-order valence-corrected chi connectivity index (χ4v) is 1.93. The molecular formula is C11H11Cl2NO2. The number of carbonyl (C=O) groups excluding carboxylic acids is 1. The molecule has 0 unspecified atom stereocenters. The van der Waals surface area contributed by atoms with E-state index in [2.05, 4.69) is 5.32 Å². The summed E-state index contributed by atoms with van der Waals surface area (Å²) in [5.41, 5.74) is 0.523. The maximum absolute atomic E-state index is 11.7. The molecule has 1 N–H and O–H groups in total. The van der Waals surface area contributed by atoms with Crippen molar-refractivity contribution in [2.24, 2.45) is 0 Å². The minimum Gasteiger partial charge on any atom is -0.368 e. The predicted octanol–water partition coefficient (Wildman–Crippen LogP) is 3.11. The highest BCUT2D eigenvalue weighted by atomic mass is 35.5. The zero-order chi connectivity index (χ0) is 11.5. The van der Waals surface area contributed by atoms with E-state index >= 15 is 0 Å². The third kappa shape index (κ3) is 2.67. The van der Waals surface area contributed by atoms with Crippen molar-refractivity contribution in [1.82, 2.24) is 0 Å². The van der Waals surface area contributed by atoms with E-state index in [9.17, 15) is 4.79 Å². The van der Waals surface area contributed by atoms with Gasteiger partial charge in [0.2, 0.25) is 0 Å². The zero-order valence-electron chi connectivity index (χ0n) is 8.50. The molecule has 1 fully saturated rings. The fourth-order valence-electron chi connectivity index (χ4n) is 1.59. The van der Waals surface area contributed by atoms with E-state index in [1.165, 1.54) is 0 Å². The van der Waals surface area contributed by atoms with Gasteiger partial charge in [-0.15, -0.1) is 0 Å². The van der Waals surface area contributed by atoms with Gasteiger partial charge in [-0.25, -0.2) is 0 Å². The van der Waals surface area contributed by atoms with Crippen molar-refractivity contribution in [3.8, 4) is 0 Å². The third-order valence-corrected chi connectivity index (χ3v) is 2.97. The normalized spacial score (nSPS) is 19.8. The summed E-state index contributed by atoms with van der Waals surface area (Å²) >= 11 is 11.8. The van der Waals surface area contributed by atoms with Crippen LogP contribution >= 0.6 is 23.2 Å². The van der Waals surface area contributed by atoms with Crippen LogP contribution in [0.25, 0.3) is 0 Å². The summed E-state index contributed by atoms with van der Waals surface area (Å²) in [6.07, 6.45) is 1.31. The van der Waals surface area contributed by atoms with E-state index in [1.807, 2.05) is 0 Å². The molecule has 5 heteroatoms. The highest BCUT2D eigenvalue weighted by Gasteiger charge is 2.23. The van der Waals surface area contributed by atoms with Crippen molar-refractivity contribution in [3.63, 3.8) is 0 Å².